The smallest absolute Gasteiger partial charge is 0.331 e. The van der Waals surface area contributed by atoms with Crippen molar-refractivity contribution in [1.29, 1.82) is 0 Å². The molecule has 0 radical (unpaired) electrons. The highest BCUT2D eigenvalue weighted by Gasteiger charge is 2.52. The number of fused-ring (bicyclic) bond motifs is 1. The van der Waals surface area contributed by atoms with Gasteiger partial charge in [0.15, 0.2) is 0 Å². The summed E-state index contributed by atoms with van der Waals surface area (Å²) in [5.41, 5.74) is 4.76. The summed E-state index contributed by atoms with van der Waals surface area (Å²) in [5.74, 6) is 0.0577. The van der Waals surface area contributed by atoms with Crippen LogP contribution in [0.3, 0.4) is 0 Å². The number of hydrogen-bond acceptors (Lipinski definition) is 8. The van der Waals surface area contributed by atoms with Crippen molar-refractivity contribution >= 4 is 35.2 Å². The first-order valence-corrected chi connectivity index (χ1v) is 12.1. The number of rotatable bonds is 7. The zero-order valence-electron chi connectivity index (χ0n) is 22.3. The minimum atomic E-state index is -1.07. The van der Waals surface area contributed by atoms with Crippen LogP contribution in [0, 0.1) is 0 Å². The van der Waals surface area contributed by atoms with E-state index in [9.17, 15) is 14.4 Å². The number of hydrogen-bond donors (Lipinski definition) is 4. The number of pyridine rings is 1. The van der Waals surface area contributed by atoms with Gasteiger partial charge in [-0.25, -0.2) is 24.9 Å². The highest BCUT2D eigenvalue weighted by molar-refractivity contribution is 6.23. The number of nitrogens with one attached hydrogen (secondary N) is 4. The molecule has 0 saturated carbocycles. The number of carbonyl (C=O) groups is 3. The summed E-state index contributed by atoms with van der Waals surface area (Å²) < 4.78 is 0. The summed E-state index contributed by atoms with van der Waals surface area (Å²) in [6.07, 6.45) is 1.57. The van der Waals surface area contributed by atoms with Crippen molar-refractivity contribution < 1.29 is 14.4 Å². The van der Waals surface area contributed by atoms with Crippen molar-refractivity contribution in [2.45, 2.75) is 31.6 Å². The summed E-state index contributed by atoms with van der Waals surface area (Å²) in [4.78, 5) is 47.6. The third kappa shape index (κ3) is 4.37. The molecule has 12 nitrogen and oxygen atoms in total. The fourth-order valence-electron chi connectivity index (χ4n) is 4.78. The molecule has 198 valence electrons. The van der Waals surface area contributed by atoms with Gasteiger partial charge in [-0.1, -0.05) is 6.07 Å². The Bertz CT molecular complexity index is 1230. The van der Waals surface area contributed by atoms with Crippen LogP contribution >= 0.6 is 0 Å². The standard InChI is InChI=1S/C25H35N9O3/c1-24(2)21(35)34(17-8-9-18-19(13-17)33(28-5)15-25(18,26-3)27-4)23(37)32(24)14-16-10-11-29-20(12-16)30-22(36)31(6)7/h8-13,26-28H,14-15H2,1-7H3,(H,29,30,36). The molecule has 3 heterocycles. The van der Waals surface area contributed by atoms with Crippen LogP contribution in [-0.4, -0.2) is 80.1 Å². The predicted octanol–water partition coefficient (Wildman–Crippen LogP) is 1.47. The summed E-state index contributed by atoms with van der Waals surface area (Å²) >= 11 is 0. The van der Waals surface area contributed by atoms with Gasteiger partial charge in [0.2, 0.25) is 0 Å². The predicted molar refractivity (Wildman–Crippen MR) is 142 cm³/mol. The first-order chi connectivity index (χ1) is 17.5. The topological polar surface area (TPSA) is 125 Å². The molecule has 2 aromatic rings. The molecule has 0 spiro atoms. The highest BCUT2D eigenvalue weighted by Crippen LogP contribution is 2.41. The van der Waals surface area contributed by atoms with E-state index in [1.54, 1.807) is 52.3 Å². The van der Waals surface area contributed by atoms with E-state index in [-0.39, 0.29) is 18.5 Å². The van der Waals surface area contributed by atoms with Crippen molar-refractivity contribution in [3.8, 4) is 0 Å². The number of benzene rings is 1. The van der Waals surface area contributed by atoms with E-state index < -0.39 is 17.2 Å². The van der Waals surface area contributed by atoms with E-state index in [1.807, 2.05) is 38.3 Å². The quantitative estimate of drug-likeness (QED) is 0.327. The van der Waals surface area contributed by atoms with Gasteiger partial charge in [-0.2, -0.15) is 0 Å². The second-order valence-electron chi connectivity index (χ2n) is 9.86. The van der Waals surface area contributed by atoms with E-state index in [4.69, 9.17) is 0 Å². The second kappa shape index (κ2) is 9.61. The first-order valence-electron chi connectivity index (χ1n) is 12.1. The van der Waals surface area contributed by atoms with Crippen LogP contribution < -0.4 is 31.3 Å². The number of imide groups is 1. The lowest BCUT2D eigenvalue weighted by Crippen LogP contribution is -2.55. The molecule has 1 aromatic carbocycles. The summed E-state index contributed by atoms with van der Waals surface area (Å²) in [5, 5.41) is 11.4. The van der Waals surface area contributed by atoms with E-state index >= 15 is 0 Å². The zero-order valence-corrected chi connectivity index (χ0v) is 22.3. The van der Waals surface area contributed by atoms with Crippen LogP contribution in [0.1, 0.15) is 25.0 Å². The molecular weight excluding hydrogens is 474 g/mol. The van der Waals surface area contributed by atoms with E-state index in [1.165, 1.54) is 14.7 Å². The lowest BCUT2D eigenvalue weighted by atomic mass is 10.0. The second-order valence-corrected chi connectivity index (χ2v) is 9.86. The largest absolute Gasteiger partial charge is 0.332 e. The van der Waals surface area contributed by atoms with Gasteiger partial charge in [-0.05, 0) is 57.8 Å². The molecule has 0 atom stereocenters. The van der Waals surface area contributed by atoms with Crippen molar-refractivity contribution in [2.24, 2.45) is 0 Å². The summed E-state index contributed by atoms with van der Waals surface area (Å²) in [7, 11) is 8.88. The Morgan fingerprint density at radius 2 is 1.78 bits per heavy atom. The number of likely N-dealkylation sites (N-methyl/N-ethyl adjacent to an activating group) is 2. The van der Waals surface area contributed by atoms with Crippen LogP contribution in [-0.2, 0) is 17.0 Å². The number of aromatic nitrogens is 1. The lowest BCUT2D eigenvalue weighted by molar-refractivity contribution is -0.123. The molecule has 2 aliphatic heterocycles. The molecule has 5 amide bonds. The monoisotopic (exact) mass is 509 g/mol. The Morgan fingerprint density at radius 3 is 2.41 bits per heavy atom. The molecule has 4 N–H and O–H groups in total. The van der Waals surface area contributed by atoms with E-state index in [2.05, 4.69) is 26.4 Å². The zero-order chi connectivity index (χ0) is 27.1. The van der Waals surface area contributed by atoms with Gasteiger partial charge in [0.25, 0.3) is 5.91 Å². The number of amides is 5. The Kier molecular flexibility index (Phi) is 6.84. The molecule has 2 aliphatic rings. The van der Waals surface area contributed by atoms with Gasteiger partial charge in [0, 0.05) is 39.4 Å². The average molecular weight is 510 g/mol. The van der Waals surface area contributed by atoms with Crippen molar-refractivity contribution in [1.82, 2.24) is 30.8 Å². The van der Waals surface area contributed by atoms with Crippen LogP contribution in [0.15, 0.2) is 36.5 Å². The van der Waals surface area contributed by atoms with Crippen LogP contribution in [0.2, 0.25) is 0 Å². The molecule has 1 aromatic heterocycles. The van der Waals surface area contributed by atoms with Gasteiger partial charge in [0.1, 0.15) is 17.0 Å². The van der Waals surface area contributed by atoms with Crippen LogP contribution in [0.25, 0.3) is 0 Å². The molecule has 1 saturated heterocycles. The molecule has 0 aliphatic carbocycles. The molecule has 0 bridgehead atoms. The fourth-order valence-corrected chi connectivity index (χ4v) is 4.78. The lowest BCUT2D eigenvalue weighted by Gasteiger charge is -2.29. The summed E-state index contributed by atoms with van der Waals surface area (Å²) in [6, 6.07) is 8.35. The first kappa shape index (κ1) is 26.3. The number of urea groups is 2. The SMILES string of the molecule is CNN1CC(NC)(NC)c2ccc(N3C(=O)N(Cc4ccnc(NC(=O)N(C)C)c4)C(C)(C)C3=O)cc21. The third-order valence-corrected chi connectivity index (χ3v) is 7.14. The average Bonchev–Trinajstić information content (AvgIpc) is 3.28. The number of anilines is 3. The maximum absolute atomic E-state index is 13.7. The maximum atomic E-state index is 13.7. The Balaban J connectivity index is 1.64. The minimum Gasteiger partial charge on any atom is -0.331 e. The van der Waals surface area contributed by atoms with Gasteiger partial charge >= 0.3 is 12.1 Å². The fraction of sp³-hybridized carbons (Fsp3) is 0.440. The van der Waals surface area contributed by atoms with Gasteiger partial charge in [-0.3, -0.25) is 20.7 Å². The Hall–Kier alpha value is -3.74. The van der Waals surface area contributed by atoms with Crippen molar-refractivity contribution in [3.63, 3.8) is 0 Å². The third-order valence-electron chi connectivity index (χ3n) is 7.14. The summed E-state index contributed by atoms with van der Waals surface area (Å²) in [6.45, 7) is 4.27. The van der Waals surface area contributed by atoms with Crippen LogP contribution in [0.4, 0.5) is 26.8 Å². The molecule has 4 rings (SSSR count). The van der Waals surface area contributed by atoms with E-state index in [0.717, 1.165) is 16.8 Å². The molecule has 0 unspecified atom stereocenters. The van der Waals surface area contributed by atoms with E-state index in [0.29, 0.717) is 18.1 Å². The van der Waals surface area contributed by atoms with Crippen molar-refractivity contribution in [2.75, 3.05) is 57.0 Å². The van der Waals surface area contributed by atoms with Gasteiger partial charge in [-0.15, -0.1) is 0 Å². The molecule has 37 heavy (non-hydrogen) atoms. The van der Waals surface area contributed by atoms with Crippen molar-refractivity contribution in [3.05, 3.63) is 47.7 Å². The van der Waals surface area contributed by atoms with Gasteiger partial charge in [0.05, 0.1) is 17.9 Å². The molecule has 12 heteroatoms. The van der Waals surface area contributed by atoms with Gasteiger partial charge < -0.3 is 14.8 Å². The molecule has 1 fully saturated rings. The highest BCUT2D eigenvalue weighted by atomic mass is 16.2. The Morgan fingerprint density at radius 1 is 1.08 bits per heavy atom. The van der Waals surface area contributed by atoms with Crippen LogP contribution in [0.5, 0.6) is 0 Å². The number of nitrogens with zero attached hydrogens (tertiary/aromatic N) is 5. The Labute approximate surface area is 216 Å². The molecular formula is C25H35N9O3. The number of carbonyl (C=O) groups excluding carboxylic acids is 3. The number of hydrazine groups is 1. The minimum absolute atomic E-state index is 0.178. The maximum Gasteiger partial charge on any atom is 0.332 e. The normalized spacial score (nSPS) is 17.9.